The number of hydrogen-bond acceptors (Lipinski definition) is 4. The monoisotopic (exact) mass is 224 g/mol. The van der Waals surface area contributed by atoms with Crippen molar-refractivity contribution in [3.05, 3.63) is 29.8 Å². The molecular formula is C12H20N2O2. The Hall–Kier alpha value is -1.10. The molecule has 0 aromatic heterocycles. The predicted molar refractivity (Wildman–Crippen MR) is 65.5 cm³/mol. The van der Waals surface area contributed by atoms with E-state index in [0.29, 0.717) is 19.7 Å². The van der Waals surface area contributed by atoms with E-state index in [4.69, 9.17) is 15.2 Å². The quantitative estimate of drug-likeness (QED) is 0.731. The van der Waals surface area contributed by atoms with Crippen molar-refractivity contribution in [3.8, 4) is 0 Å². The van der Waals surface area contributed by atoms with E-state index in [1.807, 2.05) is 24.3 Å². The van der Waals surface area contributed by atoms with Gasteiger partial charge >= 0.3 is 0 Å². The van der Waals surface area contributed by atoms with Crippen LogP contribution in [-0.2, 0) is 16.0 Å². The Balaban J connectivity index is 2.52. The van der Waals surface area contributed by atoms with E-state index >= 15 is 0 Å². The highest BCUT2D eigenvalue weighted by Gasteiger charge is 2.07. The molecule has 0 aliphatic rings. The van der Waals surface area contributed by atoms with E-state index in [2.05, 4.69) is 5.32 Å². The van der Waals surface area contributed by atoms with Crippen LogP contribution in [0.2, 0.25) is 0 Å². The van der Waals surface area contributed by atoms with Crippen LogP contribution in [0.15, 0.2) is 24.3 Å². The Labute approximate surface area is 96.7 Å². The van der Waals surface area contributed by atoms with Crippen LogP contribution in [0.25, 0.3) is 0 Å². The van der Waals surface area contributed by atoms with E-state index in [1.165, 1.54) is 0 Å². The van der Waals surface area contributed by atoms with Crippen LogP contribution >= 0.6 is 0 Å². The average molecular weight is 224 g/mol. The molecule has 90 valence electrons. The van der Waals surface area contributed by atoms with Crippen molar-refractivity contribution >= 4 is 5.69 Å². The van der Waals surface area contributed by atoms with Gasteiger partial charge in [-0.1, -0.05) is 18.2 Å². The van der Waals surface area contributed by atoms with Crippen LogP contribution in [0.5, 0.6) is 0 Å². The summed E-state index contributed by atoms with van der Waals surface area (Å²) in [4.78, 5) is 0. The van der Waals surface area contributed by atoms with Gasteiger partial charge in [-0.15, -0.1) is 0 Å². The standard InChI is InChI=1S/C12H20N2O2/c1-15-9-11(16-2)8-14-12-6-4-3-5-10(12)7-13/h3-6,11,14H,7-9,13H2,1-2H3. The molecule has 1 atom stereocenters. The molecule has 0 aliphatic carbocycles. The number of nitrogens with one attached hydrogen (secondary N) is 1. The third-order valence-corrected chi connectivity index (χ3v) is 2.44. The van der Waals surface area contributed by atoms with Crippen LogP contribution in [0.4, 0.5) is 5.69 Å². The van der Waals surface area contributed by atoms with E-state index < -0.39 is 0 Å². The van der Waals surface area contributed by atoms with Crippen molar-refractivity contribution in [2.24, 2.45) is 5.73 Å². The highest BCUT2D eigenvalue weighted by Crippen LogP contribution is 2.14. The fraction of sp³-hybridized carbons (Fsp3) is 0.500. The van der Waals surface area contributed by atoms with Crippen molar-refractivity contribution in [3.63, 3.8) is 0 Å². The summed E-state index contributed by atoms with van der Waals surface area (Å²) < 4.78 is 10.3. The summed E-state index contributed by atoms with van der Waals surface area (Å²) >= 11 is 0. The molecule has 0 aliphatic heterocycles. The Morgan fingerprint density at radius 1 is 1.31 bits per heavy atom. The maximum absolute atomic E-state index is 5.65. The number of nitrogens with two attached hydrogens (primary N) is 1. The second-order valence-electron chi connectivity index (χ2n) is 3.56. The van der Waals surface area contributed by atoms with Gasteiger partial charge in [0.05, 0.1) is 12.7 Å². The molecule has 0 radical (unpaired) electrons. The molecule has 1 rings (SSSR count). The van der Waals surface area contributed by atoms with Gasteiger partial charge in [-0.2, -0.15) is 0 Å². The Bertz CT molecular complexity index is 305. The van der Waals surface area contributed by atoms with E-state index in [0.717, 1.165) is 11.3 Å². The highest BCUT2D eigenvalue weighted by molar-refractivity contribution is 5.51. The van der Waals surface area contributed by atoms with Gasteiger partial charge in [0.2, 0.25) is 0 Å². The summed E-state index contributed by atoms with van der Waals surface area (Å²) in [5.74, 6) is 0. The van der Waals surface area contributed by atoms with Crippen molar-refractivity contribution in [2.75, 3.05) is 32.7 Å². The number of para-hydroxylation sites is 1. The van der Waals surface area contributed by atoms with E-state index in [9.17, 15) is 0 Å². The molecule has 1 aromatic carbocycles. The molecule has 0 amide bonds. The molecule has 4 heteroatoms. The molecule has 1 unspecified atom stereocenters. The number of methoxy groups -OCH3 is 2. The molecule has 0 spiro atoms. The topological polar surface area (TPSA) is 56.5 Å². The molecule has 0 saturated heterocycles. The summed E-state index contributed by atoms with van der Waals surface area (Å²) in [5, 5.41) is 3.32. The largest absolute Gasteiger partial charge is 0.382 e. The first-order valence-corrected chi connectivity index (χ1v) is 5.35. The smallest absolute Gasteiger partial charge is 0.0976 e. The van der Waals surface area contributed by atoms with Gasteiger partial charge in [0.25, 0.3) is 0 Å². The van der Waals surface area contributed by atoms with Gasteiger partial charge in [-0.25, -0.2) is 0 Å². The summed E-state index contributed by atoms with van der Waals surface area (Å²) in [6, 6.07) is 8.00. The van der Waals surface area contributed by atoms with Gasteiger partial charge in [-0.05, 0) is 11.6 Å². The summed E-state index contributed by atoms with van der Waals surface area (Å²) in [5.41, 5.74) is 7.82. The maximum atomic E-state index is 5.65. The molecule has 3 N–H and O–H groups in total. The SMILES string of the molecule is COCC(CNc1ccccc1CN)OC. The minimum Gasteiger partial charge on any atom is -0.382 e. The van der Waals surface area contributed by atoms with Crippen LogP contribution in [0.3, 0.4) is 0 Å². The molecule has 0 saturated carbocycles. The zero-order valence-corrected chi connectivity index (χ0v) is 9.90. The molecule has 4 nitrogen and oxygen atoms in total. The van der Waals surface area contributed by atoms with Crippen molar-refractivity contribution < 1.29 is 9.47 Å². The third-order valence-electron chi connectivity index (χ3n) is 2.44. The van der Waals surface area contributed by atoms with Gasteiger partial charge in [0.1, 0.15) is 0 Å². The molecule has 0 heterocycles. The van der Waals surface area contributed by atoms with Crippen molar-refractivity contribution in [2.45, 2.75) is 12.6 Å². The average Bonchev–Trinajstić information content (AvgIpc) is 2.34. The Morgan fingerprint density at radius 2 is 2.06 bits per heavy atom. The van der Waals surface area contributed by atoms with Gasteiger partial charge in [-0.3, -0.25) is 0 Å². The van der Waals surface area contributed by atoms with Crippen molar-refractivity contribution in [1.29, 1.82) is 0 Å². The fourth-order valence-electron chi connectivity index (χ4n) is 1.49. The fourth-order valence-corrected chi connectivity index (χ4v) is 1.49. The minimum atomic E-state index is 0.0517. The normalized spacial score (nSPS) is 12.4. The maximum Gasteiger partial charge on any atom is 0.0976 e. The Kier molecular flexibility index (Phi) is 5.85. The molecule has 0 bridgehead atoms. The zero-order chi connectivity index (χ0) is 11.8. The third kappa shape index (κ3) is 3.81. The lowest BCUT2D eigenvalue weighted by atomic mass is 10.2. The second kappa shape index (κ2) is 7.22. The summed E-state index contributed by atoms with van der Waals surface area (Å²) in [6.07, 6.45) is 0.0517. The van der Waals surface area contributed by atoms with Gasteiger partial charge in [0, 0.05) is 33.0 Å². The lowest BCUT2D eigenvalue weighted by Gasteiger charge is -2.17. The molecular weight excluding hydrogens is 204 g/mol. The van der Waals surface area contributed by atoms with E-state index in [-0.39, 0.29) is 6.10 Å². The first-order valence-electron chi connectivity index (χ1n) is 5.35. The zero-order valence-electron chi connectivity index (χ0n) is 9.90. The second-order valence-corrected chi connectivity index (χ2v) is 3.56. The number of ether oxygens (including phenoxy) is 2. The first kappa shape index (κ1) is 13.0. The number of hydrogen-bond donors (Lipinski definition) is 2. The summed E-state index contributed by atoms with van der Waals surface area (Å²) in [6.45, 7) is 1.82. The minimum absolute atomic E-state index is 0.0517. The highest BCUT2D eigenvalue weighted by atomic mass is 16.5. The van der Waals surface area contributed by atoms with Crippen LogP contribution in [0, 0.1) is 0 Å². The van der Waals surface area contributed by atoms with E-state index in [1.54, 1.807) is 14.2 Å². The van der Waals surface area contributed by atoms with Crippen molar-refractivity contribution in [1.82, 2.24) is 0 Å². The van der Waals surface area contributed by atoms with Crippen LogP contribution in [-0.4, -0.2) is 33.5 Å². The van der Waals surface area contributed by atoms with Crippen LogP contribution in [0.1, 0.15) is 5.56 Å². The lowest BCUT2D eigenvalue weighted by Crippen LogP contribution is -2.27. The molecule has 16 heavy (non-hydrogen) atoms. The number of anilines is 1. The van der Waals surface area contributed by atoms with Gasteiger partial charge in [0.15, 0.2) is 0 Å². The van der Waals surface area contributed by atoms with Gasteiger partial charge < -0.3 is 20.5 Å². The number of benzene rings is 1. The lowest BCUT2D eigenvalue weighted by molar-refractivity contribution is 0.0365. The Morgan fingerprint density at radius 3 is 2.69 bits per heavy atom. The molecule has 1 aromatic rings. The first-order chi connectivity index (χ1) is 7.81. The number of rotatable bonds is 7. The summed E-state index contributed by atoms with van der Waals surface area (Å²) in [7, 11) is 3.35. The predicted octanol–water partition coefficient (Wildman–Crippen LogP) is 1.22. The molecule has 0 fully saturated rings. The van der Waals surface area contributed by atoms with Crippen LogP contribution < -0.4 is 11.1 Å².